The van der Waals surface area contributed by atoms with Gasteiger partial charge < -0.3 is 10.6 Å². The molecule has 15 heteroatoms. The van der Waals surface area contributed by atoms with Crippen LogP contribution in [0.5, 0.6) is 0 Å². The van der Waals surface area contributed by atoms with Crippen molar-refractivity contribution in [3.63, 3.8) is 0 Å². The molecule has 1 aliphatic carbocycles. The van der Waals surface area contributed by atoms with Crippen LogP contribution in [0.15, 0.2) is 23.0 Å². The Morgan fingerprint density at radius 2 is 2.00 bits per heavy atom. The Bertz CT molecular complexity index is 1380. The van der Waals surface area contributed by atoms with Crippen LogP contribution in [0.1, 0.15) is 72.6 Å². The molecule has 10 nitrogen and oxygen atoms in total. The quantitative estimate of drug-likeness (QED) is 0.414. The number of carbonyl (C=O) groups is 2. The van der Waals surface area contributed by atoms with Crippen LogP contribution in [0.3, 0.4) is 0 Å². The number of carbonyl (C=O) groups excluding carboxylic acids is 2. The van der Waals surface area contributed by atoms with Crippen molar-refractivity contribution in [3.8, 4) is 0 Å². The van der Waals surface area contributed by atoms with Gasteiger partial charge in [-0.3, -0.25) is 9.59 Å². The lowest BCUT2D eigenvalue weighted by Gasteiger charge is -2.33. The van der Waals surface area contributed by atoms with Crippen molar-refractivity contribution < 1.29 is 36.2 Å². The highest BCUT2D eigenvalue weighted by Crippen LogP contribution is 2.41. The number of alkyl halides is 5. The smallest absolute Gasteiger partial charge is 0.355 e. The first-order valence-corrected chi connectivity index (χ1v) is 13.1. The van der Waals surface area contributed by atoms with Crippen LogP contribution in [0.2, 0.25) is 0 Å². The lowest BCUT2D eigenvalue weighted by molar-refractivity contribution is -0.183. The van der Waals surface area contributed by atoms with Crippen LogP contribution in [-0.4, -0.2) is 55.4 Å². The summed E-state index contributed by atoms with van der Waals surface area (Å²) >= 11 is 0. The first-order valence-electron chi connectivity index (χ1n) is 13.1. The molecule has 1 saturated carbocycles. The van der Waals surface area contributed by atoms with Gasteiger partial charge in [-0.05, 0) is 48.9 Å². The van der Waals surface area contributed by atoms with Crippen molar-refractivity contribution in [3.05, 3.63) is 41.1 Å². The van der Waals surface area contributed by atoms with Crippen LogP contribution in [0, 0.1) is 17.8 Å². The minimum Gasteiger partial charge on any atom is -0.355 e. The van der Waals surface area contributed by atoms with E-state index in [9.17, 15) is 31.5 Å². The van der Waals surface area contributed by atoms with Crippen LogP contribution >= 0.6 is 0 Å². The van der Waals surface area contributed by atoms with E-state index in [1.807, 2.05) is 0 Å². The number of imidazole rings is 1. The second kappa shape index (κ2) is 10.7. The van der Waals surface area contributed by atoms with Gasteiger partial charge in [0.2, 0.25) is 11.8 Å². The average molecular weight is 570 g/mol. The predicted octanol–water partition coefficient (Wildman–Crippen LogP) is 3.83. The number of halogens is 5. The average Bonchev–Trinajstić information content (AvgIpc) is 3.55. The third-order valence-corrected chi connectivity index (χ3v) is 7.72. The number of nitrogens with zero attached hydrogens (tertiary/aromatic N) is 5. The van der Waals surface area contributed by atoms with Crippen LogP contribution in [0.25, 0.3) is 5.65 Å². The summed E-state index contributed by atoms with van der Waals surface area (Å²) in [7, 11) is 0. The van der Waals surface area contributed by atoms with Crippen molar-refractivity contribution in [1.82, 2.24) is 35.5 Å². The molecule has 2 amide bonds. The van der Waals surface area contributed by atoms with Gasteiger partial charge in [0.05, 0.1) is 29.5 Å². The van der Waals surface area contributed by atoms with Gasteiger partial charge in [-0.1, -0.05) is 12.1 Å². The molecule has 0 bridgehead atoms. The number of aryl methyl sites for hydroxylation is 1. The summed E-state index contributed by atoms with van der Waals surface area (Å²) in [6.45, 7) is 1.34. The number of hydrogen-bond acceptors (Lipinski definition) is 7. The molecule has 216 valence electrons. The topological polar surface area (TPSA) is 127 Å². The second-order valence-corrected chi connectivity index (χ2v) is 10.5. The molecule has 2 fully saturated rings. The number of nitrogens with one attached hydrogen (secondary N) is 2. The maximum Gasteiger partial charge on any atom is 0.393 e. The summed E-state index contributed by atoms with van der Waals surface area (Å²) in [5, 5.41) is 17.0. The maximum atomic E-state index is 13.9. The molecule has 40 heavy (non-hydrogen) atoms. The van der Waals surface area contributed by atoms with E-state index in [1.54, 1.807) is 25.3 Å². The fraction of sp³-hybridized carbons (Fsp3) is 0.600. The van der Waals surface area contributed by atoms with Crippen molar-refractivity contribution in [2.75, 3.05) is 6.54 Å². The Labute approximate surface area is 225 Å². The largest absolute Gasteiger partial charge is 0.393 e. The van der Waals surface area contributed by atoms with Gasteiger partial charge >= 0.3 is 6.18 Å². The third-order valence-electron chi connectivity index (χ3n) is 7.72. The van der Waals surface area contributed by atoms with E-state index in [-0.39, 0.29) is 50.1 Å². The molecule has 3 aromatic heterocycles. The first kappa shape index (κ1) is 27.9. The van der Waals surface area contributed by atoms with E-state index in [1.165, 1.54) is 4.52 Å². The first-order chi connectivity index (χ1) is 18.9. The number of fused-ring (bicyclic) bond motifs is 1. The molecule has 0 aromatic carbocycles. The molecular formula is C25H28F5N7O3. The normalized spacial score (nSPS) is 22.7. The zero-order valence-electron chi connectivity index (χ0n) is 21.5. The second-order valence-electron chi connectivity index (χ2n) is 10.5. The van der Waals surface area contributed by atoms with E-state index >= 15 is 0 Å². The molecule has 4 heterocycles. The minimum atomic E-state index is -4.41. The fourth-order valence-electron chi connectivity index (χ4n) is 5.43. The molecule has 5 rings (SSSR count). The van der Waals surface area contributed by atoms with Gasteiger partial charge in [-0.2, -0.15) is 18.3 Å². The van der Waals surface area contributed by atoms with Crippen LogP contribution in [-0.2, 0) is 17.6 Å². The van der Waals surface area contributed by atoms with Gasteiger partial charge in [0.25, 0.3) is 5.91 Å². The van der Waals surface area contributed by atoms with E-state index < -0.39 is 48.3 Å². The van der Waals surface area contributed by atoms with Crippen molar-refractivity contribution in [1.29, 1.82) is 0 Å². The Morgan fingerprint density at radius 1 is 1.25 bits per heavy atom. The summed E-state index contributed by atoms with van der Waals surface area (Å²) in [6, 6.07) is 2.45. The molecule has 3 aromatic rings. The van der Waals surface area contributed by atoms with E-state index in [4.69, 9.17) is 4.63 Å². The lowest BCUT2D eigenvalue weighted by atomic mass is 9.81. The molecule has 1 aliphatic heterocycles. The van der Waals surface area contributed by atoms with E-state index in [0.717, 1.165) is 0 Å². The summed E-state index contributed by atoms with van der Waals surface area (Å²) in [5.74, 6) is -6.68. The summed E-state index contributed by atoms with van der Waals surface area (Å²) in [6.07, 6.45) is -3.14. The highest BCUT2D eigenvalue weighted by Gasteiger charge is 2.45. The molecule has 1 saturated heterocycles. The fourth-order valence-corrected chi connectivity index (χ4v) is 5.43. The van der Waals surface area contributed by atoms with Crippen LogP contribution in [0.4, 0.5) is 22.0 Å². The highest BCUT2D eigenvalue weighted by atomic mass is 19.4. The minimum absolute atomic E-state index is 0.000680. The summed E-state index contributed by atoms with van der Waals surface area (Å²) in [5.41, 5.74) is 1.51. The monoisotopic (exact) mass is 569 g/mol. The van der Waals surface area contributed by atoms with Crippen molar-refractivity contribution in [2.45, 2.75) is 70.0 Å². The Hall–Kier alpha value is -3.65. The predicted molar refractivity (Wildman–Crippen MR) is 128 cm³/mol. The summed E-state index contributed by atoms with van der Waals surface area (Å²) in [4.78, 5) is 29.9. The van der Waals surface area contributed by atoms with Crippen molar-refractivity contribution >= 4 is 17.5 Å². The molecule has 1 unspecified atom stereocenters. The Kier molecular flexibility index (Phi) is 7.48. The van der Waals surface area contributed by atoms with Gasteiger partial charge in [-0.15, -0.1) is 0 Å². The number of amides is 2. The standard InChI is InChI=1S/C25H28F5N7O3/c1-2-17-21(36-40-35-17)23(39)33-20(13-5-7-24(26,27)8-6-13)18-12-37-19(32-18)4-3-16(34-37)10-14-9-15(25(28,29)30)11-31-22(14)38/h3-4,12-15,20H,2,5-11H2,1H3,(H,31,38)(H,33,39)/t14?,15-,20+/m1/s1. The van der Waals surface area contributed by atoms with Crippen LogP contribution < -0.4 is 10.6 Å². The molecule has 2 aliphatic rings. The van der Waals surface area contributed by atoms with E-state index in [0.29, 0.717) is 29.1 Å². The number of rotatable bonds is 7. The third kappa shape index (κ3) is 5.92. The number of piperidine rings is 1. The van der Waals surface area contributed by atoms with Gasteiger partial charge in [0.15, 0.2) is 11.3 Å². The zero-order chi connectivity index (χ0) is 28.7. The molecule has 2 N–H and O–H groups in total. The molecule has 0 spiro atoms. The molecular weight excluding hydrogens is 541 g/mol. The Morgan fingerprint density at radius 3 is 2.70 bits per heavy atom. The van der Waals surface area contributed by atoms with Crippen molar-refractivity contribution in [2.24, 2.45) is 17.8 Å². The van der Waals surface area contributed by atoms with Gasteiger partial charge in [-0.25, -0.2) is 22.9 Å². The number of hydrogen-bond donors (Lipinski definition) is 2. The molecule has 3 atom stereocenters. The maximum absolute atomic E-state index is 13.9. The van der Waals surface area contributed by atoms with Gasteiger partial charge in [0, 0.05) is 31.7 Å². The van der Waals surface area contributed by atoms with Gasteiger partial charge in [0.1, 0.15) is 5.69 Å². The van der Waals surface area contributed by atoms with E-state index in [2.05, 4.69) is 31.0 Å². The molecule has 0 radical (unpaired) electrons. The zero-order valence-corrected chi connectivity index (χ0v) is 21.5. The highest BCUT2D eigenvalue weighted by molar-refractivity contribution is 5.93. The number of aromatic nitrogens is 5. The lowest BCUT2D eigenvalue weighted by Crippen LogP contribution is -2.47. The Balaban J connectivity index is 1.39. The summed E-state index contributed by atoms with van der Waals surface area (Å²) < 4.78 is 73.6. The SMILES string of the molecule is CCc1nonc1C(=O)N[C@H](c1cn2nc(CC3C[C@@H](C(F)(F)F)CNC3=O)ccc2n1)C1CCC(F)(F)CC1.